The first-order valence-corrected chi connectivity index (χ1v) is 9.62. The lowest BCUT2D eigenvalue weighted by atomic mass is 10.0. The predicted octanol–water partition coefficient (Wildman–Crippen LogP) is 5.79. The van der Waals surface area contributed by atoms with Gasteiger partial charge in [-0.3, -0.25) is 0 Å². The Morgan fingerprint density at radius 2 is 1.67 bits per heavy atom. The minimum absolute atomic E-state index is 0.0754. The van der Waals surface area contributed by atoms with E-state index in [-0.39, 0.29) is 5.95 Å². The zero-order valence-electron chi connectivity index (χ0n) is 16.8. The van der Waals surface area contributed by atoms with Crippen LogP contribution >= 0.6 is 11.6 Å². The number of rotatable bonds is 6. The lowest BCUT2D eigenvalue weighted by Crippen LogP contribution is -2.22. The number of ether oxygens (including phenoxy) is 1. The van der Waals surface area contributed by atoms with E-state index in [2.05, 4.69) is 20.3 Å². The Hall–Kier alpha value is -2.87. The van der Waals surface area contributed by atoms with E-state index in [0.717, 1.165) is 22.3 Å². The number of anilines is 1. The van der Waals surface area contributed by atoms with Crippen molar-refractivity contribution in [2.75, 3.05) is 19.0 Å². The van der Waals surface area contributed by atoms with Crippen molar-refractivity contribution in [3.63, 3.8) is 0 Å². The molecule has 0 radical (unpaired) electrons. The normalized spacial score (nSPS) is 10.8. The standard InChI is InChI=1S/C19H16ClF3N4O.C2H6/c1-28-17-16(14-3-2-4-15(20)7-14)6-12(8-24-17)5-13-9-25-18(26-10-13)27-11-19(21,22)23;1-2/h2-4,6-10H,5,11H2,1H3,(H,25,26,27);1-2H3. The topological polar surface area (TPSA) is 59.9 Å². The SMILES string of the molecule is CC.COc1ncc(Cc2cnc(NCC(F)(F)F)nc2)cc1-c1cccc(Cl)c1. The van der Waals surface area contributed by atoms with Gasteiger partial charge >= 0.3 is 6.18 Å². The molecular weight excluding hydrogens is 417 g/mol. The van der Waals surface area contributed by atoms with Crippen LogP contribution in [0, 0.1) is 0 Å². The van der Waals surface area contributed by atoms with Crippen molar-refractivity contribution in [3.05, 3.63) is 65.1 Å². The van der Waals surface area contributed by atoms with Crippen molar-refractivity contribution < 1.29 is 17.9 Å². The summed E-state index contributed by atoms with van der Waals surface area (Å²) in [5.74, 6) is 0.391. The number of hydrogen-bond acceptors (Lipinski definition) is 5. The highest BCUT2D eigenvalue weighted by molar-refractivity contribution is 6.30. The number of methoxy groups -OCH3 is 1. The molecule has 0 aliphatic rings. The van der Waals surface area contributed by atoms with E-state index in [4.69, 9.17) is 16.3 Å². The zero-order chi connectivity index (χ0) is 22.1. The van der Waals surface area contributed by atoms with Gasteiger partial charge in [-0.2, -0.15) is 13.2 Å². The Labute approximate surface area is 178 Å². The molecule has 2 heterocycles. The maximum Gasteiger partial charge on any atom is 0.405 e. The van der Waals surface area contributed by atoms with Gasteiger partial charge in [0, 0.05) is 35.6 Å². The van der Waals surface area contributed by atoms with E-state index in [9.17, 15) is 13.2 Å². The Morgan fingerprint density at radius 1 is 1.00 bits per heavy atom. The minimum Gasteiger partial charge on any atom is -0.481 e. The number of nitrogens with zero attached hydrogens (tertiary/aromatic N) is 3. The average Bonchev–Trinajstić information content (AvgIpc) is 2.74. The lowest BCUT2D eigenvalue weighted by molar-refractivity contribution is -0.115. The number of alkyl halides is 3. The Bertz CT molecular complexity index is 950. The first-order valence-electron chi connectivity index (χ1n) is 9.24. The fourth-order valence-corrected chi connectivity index (χ4v) is 2.76. The molecule has 160 valence electrons. The molecule has 1 N–H and O–H groups in total. The van der Waals surface area contributed by atoms with Gasteiger partial charge in [-0.1, -0.05) is 37.6 Å². The molecule has 3 rings (SSSR count). The summed E-state index contributed by atoms with van der Waals surface area (Å²) in [6.07, 6.45) is 0.768. The molecule has 9 heteroatoms. The van der Waals surface area contributed by atoms with Gasteiger partial charge in [0.25, 0.3) is 0 Å². The van der Waals surface area contributed by atoms with Crippen LogP contribution in [0.2, 0.25) is 5.02 Å². The Balaban J connectivity index is 0.00000155. The molecule has 2 aromatic heterocycles. The monoisotopic (exact) mass is 438 g/mol. The summed E-state index contributed by atoms with van der Waals surface area (Å²) in [5.41, 5.74) is 3.26. The van der Waals surface area contributed by atoms with Gasteiger partial charge < -0.3 is 10.1 Å². The molecule has 3 aromatic rings. The van der Waals surface area contributed by atoms with E-state index in [1.165, 1.54) is 19.5 Å². The largest absolute Gasteiger partial charge is 0.481 e. The molecule has 0 spiro atoms. The third kappa shape index (κ3) is 6.88. The highest BCUT2D eigenvalue weighted by Gasteiger charge is 2.27. The minimum atomic E-state index is -4.33. The number of nitrogens with one attached hydrogen (secondary N) is 1. The van der Waals surface area contributed by atoms with Crippen LogP contribution in [-0.4, -0.2) is 34.8 Å². The van der Waals surface area contributed by atoms with Gasteiger partial charge in [0.05, 0.1) is 7.11 Å². The molecule has 0 unspecified atom stereocenters. The van der Waals surface area contributed by atoms with Crippen LogP contribution in [0.4, 0.5) is 19.1 Å². The molecule has 0 atom stereocenters. The summed E-state index contributed by atoms with van der Waals surface area (Å²) in [7, 11) is 1.54. The summed E-state index contributed by atoms with van der Waals surface area (Å²) in [5, 5.41) is 2.74. The molecule has 0 amide bonds. The molecule has 0 aliphatic carbocycles. The summed E-state index contributed by atoms with van der Waals surface area (Å²) in [6.45, 7) is 2.82. The van der Waals surface area contributed by atoms with Crippen molar-refractivity contribution in [3.8, 4) is 17.0 Å². The van der Waals surface area contributed by atoms with Crippen LogP contribution in [0.5, 0.6) is 5.88 Å². The second-order valence-electron chi connectivity index (χ2n) is 5.97. The molecule has 30 heavy (non-hydrogen) atoms. The van der Waals surface area contributed by atoms with E-state index >= 15 is 0 Å². The van der Waals surface area contributed by atoms with Crippen molar-refractivity contribution >= 4 is 17.5 Å². The maximum absolute atomic E-state index is 12.2. The average molecular weight is 439 g/mol. The maximum atomic E-state index is 12.2. The highest BCUT2D eigenvalue weighted by atomic mass is 35.5. The lowest BCUT2D eigenvalue weighted by Gasteiger charge is -2.11. The van der Waals surface area contributed by atoms with Gasteiger partial charge in [0.2, 0.25) is 11.8 Å². The van der Waals surface area contributed by atoms with Crippen molar-refractivity contribution in [1.29, 1.82) is 0 Å². The first kappa shape index (κ1) is 23.4. The second-order valence-corrected chi connectivity index (χ2v) is 6.41. The Morgan fingerprint density at radius 3 is 2.27 bits per heavy atom. The quantitative estimate of drug-likeness (QED) is 0.527. The Kier molecular flexibility index (Phi) is 8.41. The first-order chi connectivity index (χ1) is 14.3. The molecule has 0 saturated carbocycles. The van der Waals surface area contributed by atoms with E-state index in [1.807, 2.05) is 38.1 Å². The van der Waals surface area contributed by atoms with Crippen molar-refractivity contribution in [2.24, 2.45) is 0 Å². The summed E-state index contributed by atoms with van der Waals surface area (Å²) in [6, 6.07) is 9.26. The number of hydrogen-bond donors (Lipinski definition) is 1. The smallest absolute Gasteiger partial charge is 0.405 e. The van der Waals surface area contributed by atoms with E-state index in [0.29, 0.717) is 17.3 Å². The third-order valence-electron chi connectivity index (χ3n) is 3.80. The summed E-state index contributed by atoms with van der Waals surface area (Å²) in [4.78, 5) is 12.2. The van der Waals surface area contributed by atoms with Gasteiger partial charge in [-0.15, -0.1) is 0 Å². The van der Waals surface area contributed by atoms with Gasteiger partial charge in [-0.05, 0) is 34.9 Å². The number of halogens is 4. The molecule has 1 aromatic carbocycles. The molecule has 0 saturated heterocycles. The van der Waals surface area contributed by atoms with Crippen LogP contribution in [0.3, 0.4) is 0 Å². The molecular formula is C21H22ClF3N4O. The van der Waals surface area contributed by atoms with Gasteiger partial charge in [0.1, 0.15) is 6.54 Å². The zero-order valence-corrected chi connectivity index (χ0v) is 17.6. The predicted molar refractivity (Wildman–Crippen MR) is 112 cm³/mol. The number of pyridine rings is 1. The van der Waals surface area contributed by atoms with Crippen LogP contribution in [-0.2, 0) is 6.42 Å². The second kappa shape index (κ2) is 10.8. The molecule has 0 bridgehead atoms. The fraction of sp³-hybridized carbons (Fsp3) is 0.286. The van der Waals surface area contributed by atoms with Crippen LogP contribution in [0.25, 0.3) is 11.1 Å². The molecule has 5 nitrogen and oxygen atoms in total. The van der Waals surface area contributed by atoms with Crippen LogP contribution in [0.15, 0.2) is 48.9 Å². The fourth-order valence-electron chi connectivity index (χ4n) is 2.57. The van der Waals surface area contributed by atoms with Gasteiger partial charge in [0.15, 0.2) is 0 Å². The van der Waals surface area contributed by atoms with Crippen molar-refractivity contribution in [1.82, 2.24) is 15.0 Å². The van der Waals surface area contributed by atoms with E-state index in [1.54, 1.807) is 12.3 Å². The van der Waals surface area contributed by atoms with Crippen LogP contribution in [0.1, 0.15) is 25.0 Å². The van der Waals surface area contributed by atoms with Crippen LogP contribution < -0.4 is 10.1 Å². The number of benzene rings is 1. The third-order valence-corrected chi connectivity index (χ3v) is 4.03. The number of aromatic nitrogens is 3. The highest BCUT2D eigenvalue weighted by Crippen LogP contribution is 2.31. The molecule has 0 aliphatic heterocycles. The van der Waals surface area contributed by atoms with Gasteiger partial charge in [-0.25, -0.2) is 15.0 Å². The van der Waals surface area contributed by atoms with E-state index < -0.39 is 12.7 Å². The van der Waals surface area contributed by atoms with Crippen molar-refractivity contribution in [2.45, 2.75) is 26.4 Å². The summed E-state index contributed by atoms with van der Waals surface area (Å²) >= 11 is 6.07. The summed E-state index contributed by atoms with van der Waals surface area (Å²) < 4.78 is 42.0. The molecule has 0 fully saturated rings.